The number of imide groups is 1. The Labute approximate surface area is 152 Å². The lowest BCUT2D eigenvalue weighted by atomic mass is 9.78. The van der Waals surface area contributed by atoms with Crippen LogP contribution in [0.1, 0.15) is 31.9 Å². The lowest BCUT2D eigenvalue weighted by Gasteiger charge is -2.31. The number of carbonyl (C=O) groups excluding carboxylic acids is 3. The molecule has 0 aliphatic carbocycles. The second-order valence-corrected chi connectivity index (χ2v) is 6.65. The lowest BCUT2D eigenvalue weighted by molar-refractivity contribution is -0.156. The molecule has 2 heterocycles. The Morgan fingerprint density at radius 2 is 1.92 bits per heavy atom. The Hall–Kier alpha value is -2.41. The highest BCUT2D eigenvalue weighted by molar-refractivity contribution is 6.09. The van der Waals surface area contributed by atoms with Gasteiger partial charge in [0.25, 0.3) is 0 Å². The summed E-state index contributed by atoms with van der Waals surface area (Å²) in [6.45, 7) is 3.75. The fraction of sp³-hybridized carbons (Fsp3) is 0.526. The van der Waals surface area contributed by atoms with Crippen molar-refractivity contribution in [2.24, 2.45) is 11.8 Å². The van der Waals surface area contributed by atoms with Gasteiger partial charge in [-0.15, -0.1) is 0 Å². The standard InChI is InChI=1S/C19H24N2O5/c1-5-19(18(24)26-6-2)14-13(16(22)21(3)17(14)23)15(20-19)11-9-7-8-10-12(11)25-4/h7-10,13-15,20H,5-6H2,1-4H3/t13-,14+,15-,19-/m0/s1. The van der Waals surface area contributed by atoms with E-state index in [9.17, 15) is 14.4 Å². The molecule has 1 aromatic carbocycles. The van der Waals surface area contributed by atoms with E-state index in [4.69, 9.17) is 9.47 Å². The number of methoxy groups -OCH3 is 1. The van der Waals surface area contributed by atoms with Gasteiger partial charge >= 0.3 is 5.97 Å². The van der Waals surface area contributed by atoms with Crippen molar-refractivity contribution in [3.63, 3.8) is 0 Å². The number of nitrogens with zero attached hydrogens (tertiary/aromatic N) is 1. The van der Waals surface area contributed by atoms with E-state index in [1.165, 1.54) is 7.05 Å². The van der Waals surface area contributed by atoms with Gasteiger partial charge in [0.1, 0.15) is 11.3 Å². The van der Waals surface area contributed by atoms with Crippen molar-refractivity contribution < 1.29 is 23.9 Å². The summed E-state index contributed by atoms with van der Waals surface area (Å²) in [7, 11) is 3.02. The number of esters is 1. The average molecular weight is 360 g/mol. The zero-order chi connectivity index (χ0) is 19.1. The molecule has 4 atom stereocenters. The summed E-state index contributed by atoms with van der Waals surface area (Å²) in [5, 5.41) is 3.29. The van der Waals surface area contributed by atoms with Crippen molar-refractivity contribution >= 4 is 17.8 Å². The Kier molecular flexibility index (Phi) is 4.75. The van der Waals surface area contributed by atoms with Gasteiger partial charge in [0.2, 0.25) is 11.8 Å². The lowest BCUT2D eigenvalue weighted by Crippen LogP contribution is -2.55. The van der Waals surface area contributed by atoms with Crippen LogP contribution in [0.15, 0.2) is 24.3 Å². The summed E-state index contributed by atoms with van der Waals surface area (Å²) < 4.78 is 10.7. The summed E-state index contributed by atoms with van der Waals surface area (Å²) in [5.74, 6) is -1.99. The molecule has 0 aromatic heterocycles. The summed E-state index contributed by atoms with van der Waals surface area (Å²) in [6.07, 6.45) is 0.339. The van der Waals surface area contributed by atoms with Crippen molar-refractivity contribution in [2.75, 3.05) is 20.8 Å². The number of likely N-dealkylation sites (tertiary alicyclic amines) is 1. The molecular weight excluding hydrogens is 336 g/mol. The maximum absolute atomic E-state index is 12.8. The first-order chi connectivity index (χ1) is 12.4. The smallest absolute Gasteiger partial charge is 0.327 e. The Morgan fingerprint density at radius 3 is 2.54 bits per heavy atom. The van der Waals surface area contributed by atoms with Crippen LogP contribution in [0, 0.1) is 11.8 Å². The summed E-state index contributed by atoms with van der Waals surface area (Å²) >= 11 is 0. The molecule has 0 bridgehead atoms. The number of carbonyl (C=O) groups is 3. The summed E-state index contributed by atoms with van der Waals surface area (Å²) in [4.78, 5) is 39.6. The number of nitrogens with one attached hydrogen (secondary N) is 1. The van der Waals surface area contributed by atoms with Gasteiger partial charge in [-0.25, -0.2) is 0 Å². The van der Waals surface area contributed by atoms with Gasteiger partial charge < -0.3 is 9.47 Å². The highest BCUT2D eigenvalue weighted by Gasteiger charge is 2.67. The van der Waals surface area contributed by atoms with Crippen molar-refractivity contribution in [3.05, 3.63) is 29.8 Å². The van der Waals surface area contributed by atoms with E-state index >= 15 is 0 Å². The second kappa shape index (κ2) is 6.72. The van der Waals surface area contributed by atoms with E-state index in [0.29, 0.717) is 12.2 Å². The van der Waals surface area contributed by atoms with Gasteiger partial charge in [-0.05, 0) is 19.4 Å². The van der Waals surface area contributed by atoms with Crippen LogP contribution in [0.25, 0.3) is 0 Å². The van der Waals surface area contributed by atoms with Crippen molar-refractivity contribution in [1.29, 1.82) is 0 Å². The molecule has 0 spiro atoms. The van der Waals surface area contributed by atoms with E-state index in [0.717, 1.165) is 10.5 Å². The number of para-hydroxylation sites is 1. The minimum Gasteiger partial charge on any atom is -0.496 e. The van der Waals surface area contributed by atoms with Crippen molar-refractivity contribution in [1.82, 2.24) is 10.2 Å². The Bertz CT molecular complexity index is 749. The number of hydrogen-bond donors (Lipinski definition) is 1. The van der Waals surface area contributed by atoms with Crippen LogP contribution in [-0.2, 0) is 19.1 Å². The highest BCUT2D eigenvalue weighted by atomic mass is 16.5. The first-order valence-electron chi connectivity index (χ1n) is 8.82. The molecule has 1 aromatic rings. The topological polar surface area (TPSA) is 84.9 Å². The van der Waals surface area contributed by atoms with Crippen LogP contribution in [0.4, 0.5) is 0 Å². The van der Waals surface area contributed by atoms with E-state index in [-0.39, 0.29) is 18.4 Å². The summed E-state index contributed by atoms with van der Waals surface area (Å²) in [6, 6.07) is 6.81. The van der Waals surface area contributed by atoms with Crippen LogP contribution in [0.5, 0.6) is 5.75 Å². The second-order valence-electron chi connectivity index (χ2n) is 6.65. The van der Waals surface area contributed by atoms with Crippen LogP contribution >= 0.6 is 0 Å². The van der Waals surface area contributed by atoms with Gasteiger partial charge in [-0.3, -0.25) is 24.6 Å². The predicted octanol–water partition coefficient (Wildman–Crippen LogP) is 1.28. The zero-order valence-corrected chi connectivity index (χ0v) is 15.4. The molecule has 2 aliphatic rings. The molecule has 2 amide bonds. The van der Waals surface area contributed by atoms with Gasteiger partial charge in [-0.2, -0.15) is 0 Å². The van der Waals surface area contributed by atoms with Crippen molar-refractivity contribution in [3.8, 4) is 5.75 Å². The Morgan fingerprint density at radius 1 is 1.23 bits per heavy atom. The highest BCUT2D eigenvalue weighted by Crippen LogP contribution is 2.51. The predicted molar refractivity (Wildman–Crippen MR) is 93.3 cm³/mol. The average Bonchev–Trinajstić information content (AvgIpc) is 3.12. The molecule has 2 saturated heterocycles. The van der Waals surface area contributed by atoms with Gasteiger partial charge in [0.15, 0.2) is 0 Å². The maximum Gasteiger partial charge on any atom is 0.327 e. The monoisotopic (exact) mass is 360 g/mol. The van der Waals surface area contributed by atoms with Gasteiger partial charge in [0, 0.05) is 18.7 Å². The molecule has 0 unspecified atom stereocenters. The fourth-order valence-corrected chi connectivity index (χ4v) is 4.25. The minimum absolute atomic E-state index is 0.205. The van der Waals surface area contributed by atoms with Gasteiger partial charge in [-0.1, -0.05) is 25.1 Å². The van der Waals surface area contributed by atoms with E-state index < -0.39 is 29.4 Å². The molecule has 0 radical (unpaired) electrons. The molecule has 7 nitrogen and oxygen atoms in total. The van der Waals surface area contributed by atoms with E-state index in [2.05, 4.69) is 5.32 Å². The first kappa shape index (κ1) is 18.4. The SMILES string of the molecule is CCOC(=O)[C@@]1(CC)N[C@@H](c2ccccc2OC)[C@H]2C(=O)N(C)C(=O)[C@@H]21. The van der Waals surface area contributed by atoms with Crippen molar-refractivity contribution in [2.45, 2.75) is 31.8 Å². The third-order valence-corrected chi connectivity index (χ3v) is 5.55. The number of hydrogen-bond acceptors (Lipinski definition) is 6. The quantitative estimate of drug-likeness (QED) is 0.629. The molecule has 26 heavy (non-hydrogen) atoms. The largest absolute Gasteiger partial charge is 0.496 e. The third-order valence-electron chi connectivity index (χ3n) is 5.55. The molecular formula is C19H24N2O5. The fourth-order valence-electron chi connectivity index (χ4n) is 4.25. The molecule has 0 saturated carbocycles. The molecule has 7 heteroatoms. The zero-order valence-electron chi connectivity index (χ0n) is 15.4. The number of benzene rings is 1. The Balaban J connectivity index is 2.15. The molecule has 1 N–H and O–H groups in total. The van der Waals surface area contributed by atoms with Gasteiger partial charge in [0.05, 0.1) is 25.6 Å². The van der Waals surface area contributed by atoms with E-state index in [1.807, 2.05) is 25.1 Å². The number of amides is 2. The molecule has 2 fully saturated rings. The van der Waals surface area contributed by atoms with Crippen LogP contribution in [0.3, 0.4) is 0 Å². The first-order valence-corrected chi connectivity index (χ1v) is 8.82. The number of fused-ring (bicyclic) bond motifs is 1. The minimum atomic E-state index is -1.23. The number of rotatable bonds is 5. The number of ether oxygens (including phenoxy) is 2. The molecule has 2 aliphatic heterocycles. The van der Waals surface area contributed by atoms with Crippen LogP contribution < -0.4 is 10.1 Å². The third kappa shape index (κ3) is 2.41. The summed E-state index contributed by atoms with van der Waals surface area (Å²) in [5.41, 5.74) is -0.481. The maximum atomic E-state index is 12.8. The van der Waals surface area contributed by atoms with Crippen LogP contribution in [-0.4, -0.2) is 49.0 Å². The molecule has 140 valence electrons. The van der Waals surface area contributed by atoms with E-state index in [1.54, 1.807) is 20.1 Å². The molecule has 3 rings (SSSR count). The van der Waals surface area contributed by atoms with Crippen LogP contribution in [0.2, 0.25) is 0 Å². The normalized spacial score (nSPS) is 30.5.